The van der Waals surface area contributed by atoms with Gasteiger partial charge in [0, 0.05) is 22.7 Å². The molecule has 23 heavy (non-hydrogen) atoms. The first-order chi connectivity index (χ1) is 11.2. The molecule has 1 aromatic carbocycles. The molecule has 4 aliphatic heterocycles. The standard InChI is InChI=1S/C19H25NO2S/c1-12-11-13(2)22-19(21-12)17-14-7-3-4-9-16(14)23-18(17)15-8-5-6-10-20(15)19/h3-4,7,9,12-13,15,17-18H,5-6,8,10-11H2,1-2H3. The Morgan fingerprint density at radius 2 is 1.91 bits per heavy atom. The molecule has 4 heteroatoms. The Hall–Kier alpha value is -0.550. The Morgan fingerprint density at radius 1 is 1.13 bits per heavy atom. The number of piperidine rings is 1. The van der Waals surface area contributed by atoms with E-state index in [1.54, 1.807) is 0 Å². The van der Waals surface area contributed by atoms with Crippen LogP contribution in [0.4, 0.5) is 0 Å². The van der Waals surface area contributed by atoms with E-state index in [0.717, 1.165) is 13.0 Å². The fourth-order valence-electron chi connectivity index (χ4n) is 5.26. The molecule has 0 aliphatic carbocycles. The van der Waals surface area contributed by atoms with Gasteiger partial charge in [0.2, 0.25) is 5.91 Å². The van der Waals surface area contributed by atoms with Crippen LogP contribution in [0.25, 0.3) is 0 Å². The predicted molar refractivity (Wildman–Crippen MR) is 91.6 cm³/mol. The van der Waals surface area contributed by atoms with Crippen LogP contribution < -0.4 is 0 Å². The molecule has 0 amide bonds. The Kier molecular flexibility index (Phi) is 3.35. The SMILES string of the molecule is CC1CC(C)OC2(O1)C1c3ccccc3SC1C1CCCCN12. The summed E-state index contributed by atoms with van der Waals surface area (Å²) in [6.45, 7) is 5.53. The van der Waals surface area contributed by atoms with Gasteiger partial charge in [-0.1, -0.05) is 24.6 Å². The molecule has 1 spiro atoms. The van der Waals surface area contributed by atoms with Crippen LogP contribution >= 0.6 is 11.8 Å². The van der Waals surface area contributed by atoms with Crippen molar-refractivity contribution in [1.29, 1.82) is 0 Å². The highest BCUT2D eigenvalue weighted by Gasteiger charge is 2.66. The molecular formula is C19H25NO2S. The topological polar surface area (TPSA) is 21.7 Å². The molecule has 0 saturated carbocycles. The van der Waals surface area contributed by atoms with E-state index in [4.69, 9.17) is 9.47 Å². The summed E-state index contributed by atoms with van der Waals surface area (Å²) >= 11 is 2.06. The van der Waals surface area contributed by atoms with Crippen LogP contribution in [-0.2, 0) is 9.47 Å². The van der Waals surface area contributed by atoms with E-state index in [9.17, 15) is 0 Å². The molecule has 0 radical (unpaired) electrons. The van der Waals surface area contributed by atoms with E-state index in [1.165, 1.54) is 29.7 Å². The van der Waals surface area contributed by atoms with Crippen molar-refractivity contribution < 1.29 is 9.47 Å². The average Bonchev–Trinajstić information content (AvgIpc) is 3.03. The van der Waals surface area contributed by atoms with Crippen molar-refractivity contribution in [2.45, 2.75) is 79.8 Å². The van der Waals surface area contributed by atoms with Gasteiger partial charge in [-0.25, -0.2) is 4.90 Å². The van der Waals surface area contributed by atoms with Gasteiger partial charge in [-0.3, -0.25) is 0 Å². The third-order valence-corrected chi connectivity index (χ3v) is 7.46. The first kappa shape index (κ1) is 14.8. The molecule has 4 heterocycles. The van der Waals surface area contributed by atoms with Gasteiger partial charge in [0.15, 0.2) is 0 Å². The molecule has 5 atom stereocenters. The molecule has 3 saturated heterocycles. The van der Waals surface area contributed by atoms with E-state index in [-0.39, 0.29) is 12.2 Å². The quantitative estimate of drug-likeness (QED) is 0.717. The summed E-state index contributed by atoms with van der Waals surface area (Å²) in [6, 6.07) is 9.48. The van der Waals surface area contributed by atoms with Crippen molar-refractivity contribution in [2.24, 2.45) is 0 Å². The largest absolute Gasteiger partial charge is 0.334 e. The molecular weight excluding hydrogens is 306 g/mol. The van der Waals surface area contributed by atoms with E-state index >= 15 is 0 Å². The van der Waals surface area contributed by atoms with Gasteiger partial charge < -0.3 is 9.47 Å². The lowest BCUT2D eigenvalue weighted by Crippen LogP contribution is -2.60. The minimum Gasteiger partial charge on any atom is -0.334 e. The number of rotatable bonds is 0. The molecule has 4 aliphatic rings. The third-order valence-electron chi connectivity index (χ3n) is 5.97. The number of nitrogens with zero attached hydrogens (tertiary/aromatic N) is 1. The predicted octanol–water partition coefficient (Wildman–Crippen LogP) is 3.98. The van der Waals surface area contributed by atoms with Crippen LogP contribution in [0.5, 0.6) is 0 Å². The molecule has 0 aromatic heterocycles. The van der Waals surface area contributed by atoms with Gasteiger partial charge in [0.1, 0.15) is 0 Å². The monoisotopic (exact) mass is 331 g/mol. The Morgan fingerprint density at radius 3 is 2.74 bits per heavy atom. The fraction of sp³-hybridized carbons (Fsp3) is 0.684. The smallest absolute Gasteiger partial charge is 0.239 e. The zero-order valence-electron chi connectivity index (χ0n) is 13.9. The molecule has 3 nitrogen and oxygen atoms in total. The van der Waals surface area contributed by atoms with Crippen molar-refractivity contribution in [1.82, 2.24) is 4.90 Å². The fourth-order valence-corrected chi connectivity index (χ4v) is 6.93. The zero-order valence-corrected chi connectivity index (χ0v) is 14.7. The average molecular weight is 331 g/mol. The van der Waals surface area contributed by atoms with Gasteiger partial charge in [-0.05, 0) is 44.7 Å². The highest BCUT2D eigenvalue weighted by molar-refractivity contribution is 8.00. The van der Waals surface area contributed by atoms with Crippen LogP contribution in [0.3, 0.4) is 0 Å². The van der Waals surface area contributed by atoms with Crippen LogP contribution in [0.15, 0.2) is 29.2 Å². The van der Waals surface area contributed by atoms with Crippen molar-refractivity contribution in [2.75, 3.05) is 6.54 Å². The molecule has 1 aromatic rings. The Bertz CT molecular complexity index is 611. The summed E-state index contributed by atoms with van der Waals surface area (Å²) in [5.74, 6) is -0.191. The van der Waals surface area contributed by atoms with E-state index < -0.39 is 5.91 Å². The number of ether oxygens (including phenoxy) is 2. The molecule has 0 bridgehead atoms. The number of thioether (sulfide) groups is 1. The van der Waals surface area contributed by atoms with Gasteiger partial charge in [0.05, 0.1) is 18.1 Å². The Balaban J connectivity index is 1.65. The second kappa shape index (κ2) is 5.22. The second-order valence-electron chi connectivity index (χ2n) is 7.58. The maximum Gasteiger partial charge on any atom is 0.239 e. The van der Waals surface area contributed by atoms with Crippen LogP contribution in [0.2, 0.25) is 0 Å². The molecule has 5 rings (SSSR count). The highest BCUT2D eigenvalue weighted by Crippen LogP contribution is 2.62. The lowest BCUT2D eigenvalue weighted by Gasteiger charge is -2.50. The zero-order chi connectivity index (χ0) is 15.6. The summed E-state index contributed by atoms with van der Waals surface area (Å²) in [6.07, 6.45) is 5.39. The van der Waals surface area contributed by atoms with E-state index in [2.05, 4.69) is 54.8 Å². The molecule has 0 N–H and O–H groups in total. The number of fused-ring (bicyclic) bond motifs is 7. The highest BCUT2D eigenvalue weighted by atomic mass is 32.2. The van der Waals surface area contributed by atoms with Crippen LogP contribution in [-0.4, -0.2) is 40.9 Å². The van der Waals surface area contributed by atoms with Gasteiger partial charge in [-0.15, -0.1) is 11.8 Å². The first-order valence-corrected chi connectivity index (χ1v) is 9.95. The summed E-state index contributed by atoms with van der Waals surface area (Å²) in [7, 11) is 0. The lowest BCUT2D eigenvalue weighted by atomic mass is 9.91. The van der Waals surface area contributed by atoms with Crippen molar-refractivity contribution in [3.05, 3.63) is 29.8 Å². The number of benzene rings is 1. The molecule has 3 fully saturated rings. The van der Waals surface area contributed by atoms with Crippen molar-refractivity contribution in [3.8, 4) is 0 Å². The maximum absolute atomic E-state index is 6.64. The maximum atomic E-state index is 6.64. The summed E-state index contributed by atoms with van der Waals surface area (Å²) in [5, 5.41) is 0.574. The molecule has 5 unspecified atom stereocenters. The van der Waals surface area contributed by atoms with Crippen LogP contribution in [0, 0.1) is 0 Å². The first-order valence-electron chi connectivity index (χ1n) is 9.07. The van der Waals surface area contributed by atoms with Gasteiger partial charge >= 0.3 is 0 Å². The van der Waals surface area contributed by atoms with Crippen molar-refractivity contribution in [3.63, 3.8) is 0 Å². The summed E-state index contributed by atoms with van der Waals surface area (Å²) in [4.78, 5) is 4.02. The summed E-state index contributed by atoms with van der Waals surface area (Å²) < 4.78 is 13.3. The third kappa shape index (κ3) is 2.02. The minimum absolute atomic E-state index is 0.262. The van der Waals surface area contributed by atoms with Crippen molar-refractivity contribution >= 4 is 11.8 Å². The number of hydrogen-bond acceptors (Lipinski definition) is 4. The lowest BCUT2D eigenvalue weighted by molar-refractivity contribution is -0.375. The summed E-state index contributed by atoms with van der Waals surface area (Å²) in [5.41, 5.74) is 1.44. The van der Waals surface area contributed by atoms with E-state index in [1.807, 2.05) is 0 Å². The van der Waals surface area contributed by atoms with E-state index in [0.29, 0.717) is 17.2 Å². The minimum atomic E-state index is -0.535. The normalized spacial score (nSPS) is 45.7. The van der Waals surface area contributed by atoms with Gasteiger partial charge in [-0.2, -0.15) is 0 Å². The number of hydrogen-bond donors (Lipinski definition) is 0. The molecule has 124 valence electrons. The van der Waals surface area contributed by atoms with Crippen LogP contribution in [0.1, 0.15) is 51.0 Å². The Labute approximate surface area is 142 Å². The second-order valence-corrected chi connectivity index (χ2v) is 8.80. The van der Waals surface area contributed by atoms with Gasteiger partial charge in [0.25, 0.3) is 0 Å².